The molecule has 0 aliphatic rings. The minimum Gasteiger partial charge on any atom is -0.443 e. The van der Waals surface area contributed by atoms with Crippen LogP contribution in [0.3, 0.4) is 0 Å². The molecule has 0 saturated heterocycles. The summed E-state index contributed by atoms with van der Waals surface area (Å²) in [5.74, 6) is 0. The molecule has 0 unspecified atom stereocenters. The third-order valence-corrected chi connectivity index (χ3v) is 3.70. The molecule has 0 atom stereocenters. The maximum Gasteiger partial charge on any atom is 0.418 e. The van der Waals surface area contributed by atoms with Gasteiger partial charge >= 0.3 is 6.09 Å². The molecule has 0 bridgehead atoms. The smallest absolute Gasteiger partial charge is 0.418 e. The molecular weight excluding hydrogens is 322 g/mol. The molecule has 7 heteroatoms. The number of ether oxygens (including phenoxy) is 1. The number of non-ortho nitro benzene ring substituents is 1. The first-order valence-corrected chi connectivity index (χ1v) is 7.87. The third-order valence-electron chi connectivity index (χ3n) is 3.70. The standard InChI is InChI=1S/C18H19N3O4/c1-18(2,3)25-17(22)20-9-7-13(12-20)11-19-10-8-14-15(19)5-4-6-16(14)21(23)24/h4-10,12H,11H2,1-3H3. The first-order chi connectivity index (χ1) is 11.7. The minimum absolute atomic E-state index is 0.0857. The van der Waals surface area contributed by atoms with Crippen molar-refractivity contribution in [3.63, 3.8) is 0 Å². The number of rotatable bonds is 3. The van der Waals surface area contributed by atoms with E-state index in [1.807, 2.05) is 43.7 Å². The molecule has 3 rings (SSSR count). The zero-order valence-electron chi connectivity index (χ0n) is 14.3. The lowest BCUT2D eigenvalue weighted by atomic mass is 10.2. The van der Waals surface area contributed by atoms with Gasteiger partial charge in [0.2, 0.25) is 0 Å². The second-order valence-electron chi connectivity index (χ2n) is 6.82. The molecule has 0 fully saturated rings. The molecular formula is C18H19N3O4. The molecule has 0 aliphatic heterocycles. The van der Waals surface area contributed by atoms with Crippen LogP contribution in [0.25, 0.3) is 10.9 Å². The maximum atomic E-state index is 12.1. The van der Waals surface area contributed by atoms with E-state index in [1.54, 1.807) is 24.5 Å². The van der Waals surface area contributed by atoms with E-state index in [2.05, 4.69) is 0 Å². The average Bonchev–Trinajstić information content (AvgIpc) is 3.13. The molecule has 3 aromatic rings. The Morgan fingerprint density at radius 1 is 1.20 bits per heavy atom. The summed E-state index contributed by atoms with van der Waals surface area (Å²) < 4.78 is 8.64. The van der Waals surface area contributed by atoms with E-state index in [-0.39, 0.29) is 10.6 Å². The Labute approximate surface area is 144 Å². The molecule has 0 spiro atoms. The van der Waals surface area contributed by atoms with Crippen LogP contribution in [0.2, 0.25) is 0 Å². The number of nitrogens with zero attached hydrogens (tertiary/aromatic N) is 3. The second kappa shape index (κ2) is 6.08. The van der Waals surface area contributed by atoms with Crippen molar-refractivity contribution in [2.45, 2.75) is 32.9 Å². The summed E-state index contributed by atoms with van der Waals surface area (Å²) in [4.78, 5) is 22.8. The van der Waals surface area contributed by atoms with Gasteiger partial charge in [0, 0.05) is 31.2 Å². The molecule has 7 nitrogen and oxygen atoms in total. The van der Waals surface area contributed by atoms with Crippen molar-refractivity contribution >= 4 is 22.7 Å². The molecule has 130 valence electrons. The van der Waals surface area contributed by atoms with Crippen LogP contribution in [0.15, 0.2) is 48.9 Å². The zero-order chi connectivity index (χ0) is 18.2. The molecule has 0 amide bonds. The van der Waals surface area contributed by atoms with Gasteiger partial charge in [-0.3, -0.25) is 14.7 Å². The van der Waals surface area contributed by atoms with E-state index in [0.29, 0.717) is 11.9 Å². The number of fused-ring (bicyclic) bond motifs is 1. The number of hydrogen-bond acceptors (Lipinski definition) is 4. The Balaban J connectivity index is 1.84. The molecule has 0 aliphatic carbocycles. The van der Waals surface area contributed by atoms with E-state index < -0.39 is 11.7 Å². The van der Waals surface area contributed by atoms with Crippen molar-refractivity contribution in [3.05, 3.63) is 64.6 Å². The minimum atomic E-state index is -0.558. The van der Waals surface area contributed by atoms with Crippen LogP contribution in [-0.4, -0.2) is 25.8 Å². The zero-order valence-corrected chi connectivity index (χ0v) is 14.3. The normalized spacial score (nSPS) is 11.6. The van der Waals surface area contributed by atoms with Gasteiger partial charge in [0.25, 0.3) is 5.69 Å². The Hall–Kier alpha value is -3.09. The summed E-state index contributed by atoms with van der Waals surface area (Å²) >= 11 is 0. The number of aromatic nitrogens is 2. The predicted molar refractivity (Wildman–Crippen MR) is 93.8 cm³/mol. The number of hydrogen-bond donors (Lipinski definition) is 0. The number of carbonyl (C=O) groups is 1. The number of benzene rings is 1. The first kappa shape index (κ1) is 16.8. The van der Waals surface area contributed by atoms with Crippen molar-refractivity contribution in [1.29, 1.82) is 0 Å². The Morgan fingerprint density at radius 3 is 2.64 bits per heavy atom. The monoisotopic (exact) mass is 341 g/mol. The van der Waals surface area contributed by atoms with Crippen molar-refractivity contribution in [2.75, 3.05) is 0 Å². The van der Waals surface area contributed by atoms with E-state index >= 15 is 0 Å². The fraction of sp³-hybridized carbons (Fsp3) is 0.278. The quantitative estimate of drug-likeness (QED) is 0.529. The number of nitro benzene ring substituents is 1. The van der Waals surface area contributed by atoms with Crippen molar-refractivity contribution in [3.8, 4) is 0 Å². The fourth-order valence-electron chi connectivity index (χ4n) is 2.66. The first-order valence-electron chi connectivity index (χ1n) is 7.87. The summed E-state index contributed by atoms with van der Waals surface area (Å²) in [7, 11) is 0. The highest BCUT2D eigenvalue weighted by Gasteiger charge is 2.18. The topological polar surface area (TPSA) is 79.3 Å². The summed E-state index contributed by atoms with van der Waals surface area (Å²) in [6, 6.07) is 8.56. The predicted octanol–water partition coefficient (Wildman–Crippen LogP) is 4.18. The van der Waals surface area contributed by atoms with Crippen LogP contribution in [-0.2, 0) is 11.3 Å². The van der Waals surface area contributed by atoms with Gasteiger partial charge in [-0.1, -0.05) is 6.07 Å². The maximum absolute atomic E-state index is 12.1. The van der Waals surface area contributed by atoms with Crippen LogP contribution < -0.4 is 0 Å². The summed E-state index contributed by atoms with van der Waals surface area (Å²) in [5.41, 5.74) is 1.20. The number of carbonyl (C=O) groups excluding carboxylic acids is 1. The van der Waals surface area contributed by atoms with E-state index in [1.165, 1.54) is 10.6 Å². The molecule has 2 aromatic heterocycles. The molecule has 2 heterocycles. The Morgan fingerprint density at radius 2 is 1.96 bits per heavy atom. The third kappa shape index (κ3) is 3.55. The van der Waals surface area contributed by atoms with Crippen LogP contribution >= 0.6 is 0 Å². The summed E-state index contributed by atoms with van der Waals surface area (Å²) in [5, 5.41) is 11.7. The van der Waals surface area contributed by atoms with Gasteiger partial charge in [-0.05, 0) is 44.5 Å². The lowest BCUT2D eigenvalue weighted by Gasteiger charge is -2.19. The van der Waals surface area contributed by atoms with E-state index in [9.17, 15) is 14.9 Å². The van der Waals surface area contributed by atoms with Crippen molar-refractivity contribution in [2.24, 2.45) is 0 Å². The molecule has 1 aromatic carbocycles. The fourth-order valence-corrected chi connectivity index (χ4v) is 2.66. The van der Waals surface area contributed by atoms with Gasteiger partial charge < -0.3 is 9.30 Å². The van der Waals surface area contributed by atoms with E-state index in [0.717, 1.165) is 11.1 Å². The SMILES string of the molecule is CC(C)(C)OC(=O)n1ccc(Cn2ccc3c([N+](=O)[O-])cccc32)c1. The van der Waals surface area contributed by atoms with Gasteiger partial charge in [-0.25, -0.2) is 4.79 Å². The lowest BCUT2D eigenvalue weighted by molar-refractivity contribution is -0.383. The molecule has 25 heavy (non-hydrogen) atoms. The average molecular weight is 341 g/mol. The van der Waals surface area contributed by atoms with Crippen molar-refractivity contribution in [1.82, 2.24) is 9.13 Å². The Kier molecular flexibility index (Phi) is 4.08. The van der Waals surface area contributed by atoms with Gasteiger partial charge in [0.05, 0.1) is 15.8 Å². The largest absolute Gasteiger partial charge is 0.443 e. The van der Waals surface area contributed by atoms with Crippen LogP contribution in [0, 0.1) is 10.1 Å². The van der Waals surface area contributed by atoms with E-state index in [4.69, 9.17) is 4.74 Å². The molecule has 0 radical (unpaired) electrons. The van der Waals surface area contributed by atoms with Gasteiger partial charge in [0.1, 0.15) is 5.60 Å². The van der Waals surface area contributed by atoms with Crippen molar-refractivity contribution < 1.29 is 14.5 Å². The van der Waals surface area contributed by atoms with Gasteiger partial charge in [0.15, 0.2) is 0 Å². The van der Waals surface area contributed by atoms with Crippen LogP contribution in [0.5, 0.6) is 0 Å². The highest BCUT2D eigenvalue weighted by Crippen LogP contribution is 2.26. The highest BCUT2D eigenvalue weighted by molar-refractivity contribution is 5.89. The summed E-state index contributed by atoms with van der Waals surface area (Å²) in [6.45, 7) is 5.94. The molecule has 0 saturated carbocycles. The van der Waals surface area contributed by atoms with Gasteiger partial charge in [-0.15, -0.1) is 0 Å². The lowest BCUT2D eigenvalue weighted by Crippen LogP contribution is -2.26. The van der Waals surface area contributed by atoms with Gasteiger partial charge in [-0.2, -0.15) is 0 Å². The highest BCUT2D eigenvalue weighted by atomic mass is 16.6. The second-order valence-corrected chi connectivity index (χ2v) is 6.82. The summed E-state index contributed by atoms with van der Waals surface area (Å²) in [6.07, 6.45) is 4.73. The van der Waals surface area contributed by atoms with Crippen LogP contribution in [0.1, 0.15) is 26.3 Å². The Bertz CT molecular complexity index is 947. The van der Waals surface area contributed by atoms with Crippen LogP contribution in [0.4, 0.5) is 10.5 Å². The molecule has 0 N–H and O–H groups in total. The number of nitro groups is 1.